The number of amides is 2. The first-order valence-electron chi connectivity index (χ1n) is 9.14. The van der Waals surface area contributed by atoms with Crippen LogP contribution in [0.5, 0.6) is 0 Å². The number of carbonyl (C=O) groups excluding carboxylic acids is 2. The van der Waals surface area contributed by atoms with E-state index in [1.54, 1.807) is 6.92 Å². The Morgan fingerprint density at radius 3 is 2.72 bits per heavy atom. The van der Waals surface area contributed by atoms with Gasteiger partial charge in [0.05, 0.1) is 11.7 Å². The molecular weight excluding hydrogens is 316 g/mol. The lowest BCUT2D eigenvalue weighted by atomic mass is 9.91. The summed E-state index contributed by atoms with van der Waals surface area (Å²) in [5.41, 5.74) is 2.06. The average Bonchev–Trinajstić information content (AvgIpc) is 3.02. The summed E-state index contributed by atoms with van der Waals surface area (Å²) >= 11 is 0. The van der Waals surface area contributed by atoms with E-state index in [2.05, 4.69) is 25.8 Å². The number of carbonyl (C=O) groups is 2. The minimum absolute atomic E-state index is 0.00310. The van der Waals surface area contributed by atoms with Gasteiger partial charge in [-0.15, -0.1) is 0 Å². The summed E-state index contributed by atoms with van der Waals surface area (Å²) < 4.78 is 0. The van der Waals surface area contributed by atoms with Gasteiger partial charge in [-0.3, -0.25) is 9.59 Å². The van der Waals surface area contributed by atoms with E-state index in [1.807, 2.05) is 16.0 Å². The van der Waals surface area contributed by atoms with Crippen molar-refractivity contribution in [3.05, 3.63) is 23.3 Å². The van der Waals surface area contributed by atoms with Gasteiger partial charge in [0.1, 0.15) is 0 Å². The first-order valence-corrected chi connectivity index (χ1v) is 9.14. The molecule has 0 aromatic carbocycles. The zero-order chi connectivity index (χ0) is 18.2. The number of likely N-dealkylation sites (tertiary alicyclic amines) is 1. The zero-order valence-corrected chi connectivity index (χ0v) is 15.7. The highest BCUT2D eigenvalue weighted by molar-refractivity contribution is 5.77. The third-order valence-electron chi connectivity index (χ3n) is 4.94. The highest BCUT2D eigenvalue weighted by atomic mass is 16.2. The molecule has 0 bridgehead atoms. The lowest BCUT2D eigenvalue weighted by molar-refractivity contribution is -0.134. The van der Waals surface area contributed by atoms with E-state index < -0.39 is 0 Å². The molecule has 2 aliphatic heterocycles. The van der Waals surface area contributed by atoms with Gasteiger partial charge < -0.3 is 9.80 Å². The van der Waals surface area contributed by atoms with Crippen molar-refractivity contribution in [2.24, 2.45) is 5.41 Å². The molecule has 136 valence electrons. The minimum atomic E-state index is -0.00363. The monoisotopic (exact) mass is 344 g/mol. The number of fused-ring (bicyclic) bond motifs is 1. The molecular formula is C19H28N4O2. The number of hydrogen-bond acceptors (Lipinski definition) is 4. The Morgan fingerprint density at radius 1 is 1.28 bits per heavy atom. The molecule has 1 unspecified atom stereocenters. The lowest BCUT2D eigenvalue weighted by Crippen LogP contribution is -2.38. The molecule has 6 nitrogen and oxygen atoms in total. The van der Waals surface area contributed by atoms with Crippen molar-refractivity contribution in [1.29, 1.82) is 0 Å². The highest BCUT2D eigenvalue weighted by Gasteiger charge is 2.31. The summed E-state index contributed by atoms with van der Waals surface area (Å²) in [6, 6.07) is 0.00310. The maximum absolute atomic E-state index is 12.5. The Hall–Kier alpha value is -1.98. The number of rotatable bonds is 2. The van der Waals surface area contributed by atoms with E-state index in [1.165, 1.54) is 0 Å². The lowest BCUT2D eigenvalue weighted by Gasteiger charge is -2.31. The van der Waals surface area contributed by atoms with Crippen LogP contribution in [0.3, 0.4) is 0 Å². The second-order valence-corrected chi connectivity index (χ2v) is 8.37. The SMILES string of the molecule is CC(=O)N1CCCC1c1ncc2c(n1)CCN(C(=O)CC(C)(C)C)C2. The van der Waals surface area contributed by atoms with Crippen LogP contribution in [-0.2, 0) is 22.6 Å². The van der Waals surface area contributed by atoms with Crippen molar-refractivity contribution < 1.29 is 9.59 Å². The Morgan fingerprint density at radius 2 is 2.04 bits per heavy atom. The van der Waals surface area contributed by atoms with Crippen LogP contribution in [0.25, 0.3) is 0 Å². The third kappa shape index (κ3) is 3.99. The summed E-state index contributed by atoms with van der Waals surface area (Å²) in [4.78, 5) is 37.3. The molecule has 0 spiro atoms. The molecule has 0 radical (unpaired) electrons. The second-order valence-electron chi connectivity index (χ2n) is 8.37. The third-order valence-corrected chi connectivity index (χ3v) is 4.94. The Balaban J connectivity index is 1.73. The molecule has 1 fully saturated rings. The van der Waals surface area contributed by atoms with E-state index in [4.69, 9.17) is 4.98 Å². The van der Waals surface area contributed by atoms with Gasteiger partial charge >= 0.3 is 0 Å². The van der Waals surface area contributed by atoms with Crippen molar-refractivity contribution in [3.63, 3.8) is 0 Å². The van der Waals surface area contributed by atoms with Gasteiger partial charge in [0.15, 0.2) is 5.82 Å². The maximum Gasteiger partial charge on any atom is 0.223 e. The van der Waals surface area contributed by atoms with Crippen LogP contribution in [0.15, 0.2) is 6.20 Å². The van der Waals surface area contributed by atoms with E-state index in [0.29, 0.717) is 19.5 Å². The first kappa shape index (κ1) is 17.8. The van der Waals surface area contributed by atoms with Gasteiger partial charge in [-0.2, -0.15) is 0 Å². The Bertz CT molecular complexity index is 680. The molecule has 0 aliphatic carbocycles. The summed E-state index contributed by atoms with van der Waals surface area (Å²) in [5.74, 6) is 1.03. The summed E-state index contributed by atoms with van der Waals surface area (Å²) in [6.07, 6.45) is 5.09. The minimum Gasteiger partial charge on any atom is -0.338 e. The van der Waals surface area contributed by atoms with Crippen molar-refractivity contribution in [2.45, 2.75) is 66.0 Å². The van der Waals surface area contributed by atoms with E-state index >= 15 is 0 Å². The quantitative estimate of drug-likeness (QED) is 0.827. The van der Waals surface area contributed by atoms with Crippen LogP contribution in [0.1, 0.15) is 70.1 Å². The number of aromatic nitrogens is 2. The molecule has 3 heterocycles. The molecule has 6 heteroatoms. The van der Waals surface area contributed by atoms with Crippen LogP contribution in [-0.4, -0.2) is 44.7 Å². The molecule has 1 aromatic heterocycles. The molecule has 25 heavy (non-hydrogen) atoms. The standard InChI is InChI=1S/C19H28N4O2/c1-13(24)23-8-5-6-16(23)18-20-11-14-12-22(9-7-15(14)21-18)17(25)10-19(2,3)4/h11,16H,5-10,12H2,1-4H3. The van der Waals surface area contributed by atoms with Crippen LogP contribution >= 0.6 is 0 Å². The van der Waals surface area contributed by atoms with Crippen LogP contribution in [0, 0.1) is 5.41 Å². The van der Waals surface area contributed by atoms with Crippen molar-refractivity contribution >= 4 is 11.8 Å². The maximum atomic E-state index is 12.5. The topological polar surface area (TPSA) is 66.4 Å². The van der Waals surface area contributed by atoms with Gasteiger partial charge in [-0.05, 0) is 18.3 Å². The zero-order valence-electron chi connectivity index (χ0n) is 15.7. The second kappa shape index (κ2) is 6.73. The molecule has 2 amide bonds. The molecule has 0 N–H and O–H groups in total. The molecule has 3 rings (SSSR count). The highest BCUT2D eigenvalue weighted by Crippen LogP contribution is 2.31. The van der Waals surface area contributed by atoms with Gasteiger partial charge in [-0.1, -0.05) is 20.8 Å². The fourth-order valence-electron chi connectivity index (χ4n) is 3.68. The van der Waals surface area contributed by atoms with Gasteiger partial charge in [0, 0.05) is 51.2 Å². The molecule has 1 aromatic rings. The van der Waals surface area contributed by atoms with E-state index in [-0.39, 0.29) is 23.3 Å². The van der Waals surface area contributed by atoms with Gasteiger partial charge in [0.25, 0.3) is 0 Å². The largest absolute Gasteiger partial charge is 0.338 e. The van der Waals surface area contributed by atoms with Crippen molar-refractivity contribution in [2.75, 3.05) is 13.1 Å². The van der Waals surface area contributed by atoms with Crippen LogP contribution < -0.4 is 0 Å². The first-order chi connectivity index (χ1) is 11.7. The Kier molecular flexibility index (Phi) is 4.80. The predicted molar refractivity (Wildman–Crippen MR) is 94.6 cm³/mol. The van der Waals surface area contributed by atoms with Crippen LogP contribution in [0.4, 0.5) is 0 Å². The summed E-state index contributed by atoms with van der Waals surface area (Å²) in [6.45, 7) is 9.94. The normalized spacial score (nSPS) is 20.6. The number of nitrogens with zero attached hydrogens (tertiary/aromatic N) is 4. The average molecular weight is 344 g/mol. The molecule has 2 aliphatic rings. The number of hydrogen-bond donors (Lipinski definition) is 0. The fraction of sp³-hybridized carbons (Fsp3) is 0.684. The van der Waals surface area contributed by atoms with Crippen molar-refractivity contribution in [1.82, 2.24) is 19.8 Å². The summed E-state index contributed by atoms with van der Waals surface area (Å²) in [7, 11) is 0. The molecule has 1 saturated heterocycles. The smallest absolute Gasteiger partial charge is 0.223 e. The fourth-order valence-corrected chi connectivity index (χ4v) is 3.68. The van der Waals surface area contributed by atoms with Gasteiger partial charge in [0.2, 0.25) is 11.8 Å². The van der Waals surface area contributed by atoms with E-state index in [0.717, 1.165) is 42.9 Å². The van der Waals surface area contributed by atoms with Crippen molar-refractivity contribution in [3.8, 4) is 0 Å². The molecule has 0 saturated carbocycles. The predicted octanol–water partition coefficient (Wildman–Crippen LogP) is 2.48. The van der Waals surface area contributed by atoms with E-state index in [9.17, 15) is 9.59 Å². The Labute approximate surface area is 149 Å². The van der Waals surface area contributed by atoms with Gasteiger partial charge in [-0.25, -0.2) is 9.97 Å². The summed E-state index contributed by atoms with van der Waals surface area (Å²) in [5, 5.41) is 0. The van der Waals surface area contributed by atoms with Crippen LogP contribution in [0.2, 0.25) is 0 Å². The molecule has 1 atom stereocenters.